The number of aromatic nitrogens is 2. The minimum Gasteiger partial charge on any atom is -0.490 e. The van der Waals surface area contributed by atoms with Crippen molar-refractivity contribution in [2.75, 3.05) is 29.6 Å². The Labute approximate surface area is 202 Å². The van der Waals surface area contributed by atoms with Crippen LogP contribution in [0.1, 0.15) is 55.1 Å². The number of aryl methyl sites for hydroxylation is 1. The lowest BCUT2D eigenvalue weighted by atomic mass is 9.98. The molecule has 4 atom stereocenters. The molecule has 7 nitrogen and oxygen atoms in total. The molecule has 1 fully saturated rings. The van der Waals surface area contributed by atoms with E-state index in [0.717, 1.165) is 36.3 Å². The second-order valence-electron chi connectivity index (χ2n) is 9.02. The van der Waals surface area contributed by atoms with E-state index in [1.165, 1.54) is 0 Å². The number of aliphatic imine (C=N–C) groups is 1. The summed E-state index contributed by atoms with van der Waals surface area (Å²) in [6.45, 7) is 5.25. The van der Waals surface area contributed by atoms with Crippen LogP contribution in [-0.2, 0) is 23.6 Å². The number of benzene rings is 1. The van der Waals surface area contributed by atoms with Crippen LogP contribution in [0.15, 0.2) is 35.6 Å². The van der Waals surface area contributed by atoms with E-state index in [1.807, 2.05) is 37.5 Å². The summed E-state index contributed by atoms with van der Waals surface area (Å²) < 4.78 is 32.7. The van der Waals surface area contributed by atoms with Crippen LogP contribution < -0.4 is 15.0 Å². The van der Waals surface area contributed by atoms with E-state index in [4.69, 9.17) is 9.72 Å². The van der Waals surface area contributed by atoms with Crippen molar-refractivity contribution < 1.29 is 13.3 Å². The first-order valence-corrected chi connectivity index (χ1v) is 13.4. The fourth-order valence-electron chi connectivity index (χ4n) is 4.81. The molecule has 2 aromatic rings. The summed E-state index contributed by atoms with van der Waals surface area (Å²) in [5, 5.41) is 3.17. The molecule has 0 saturated carbocycles. The van der Waals surface area contributed by atoms with E-state index < -0.39 is 10.8 Å². The summed E-state index contributed by atoms with van der Waals surface area (Å²) in [6, 6.07) is 3.78. The van der Waals surface area contributed by atoms with Crippen LogP contribution in [0.4, 0.5) is 10.1 Å². The number of halogens is 1. The van der Waals surface area contributed by atoms with Crippen molar-refractivity contribution in [3.05, 3.63) is 59.1 Å². The van der Waals surface area contributed by atoms with Gasteiger partial charge in [0.2, 0.25) is 0 Å². The zero-order valence-electron chi connectivity index (χ0n) is 19.5. The van der Waals surface area contributed by atoms with Gasteiger partial charge in [0.15, 0.2) is 23.6 Å². The maximum atomic E-state index is 15.1. The van der Waals surface area contributed by atoms with E-state index in [9.17, 15) is 4.21 Å². The number of rotatable bonds is 6. The molecule has 3 aliphatic rings. The predicted molar refractivity (Wildman–Crippen MR) is 132 cm³/mol. The number of nitrogens with zero attached hydrogens (tertiary/aromatic N) is 4. The summed E-state index contributed by atoms with van der Waals surface area (Å²) in [6.07, 6.45) is 9.29. The predicted octanol–water partition coefficient (Wildman–Crippen LogP) is 3.64. The third kappa shape index (κ3) is 4.58. The van der Waals surface area contributed by atoms with Gasteiger partial charge in [-0.2, -0.15) is 0 Å². The fourth-order valence-corrected chi connectivity index (χ4v) is 6.36. The van der Waals surface area contributed by atoms with Gasteiger partial charge in [0.1, 0.15) is 0 Å². The van der Waals surface area contributed by atoms with Crippen LogP contribution in [-0.4, -0.2) is 45.0 Å². The molecule has 4 unspecified atom stereocenters. The molecule has 1 N–H and O–H groups in total. The lowest BCUT2D eigenvalue weighted by Gasteiger charge is -2.37. The molecule has 4 heterocycles. The van der Waals surface area contributed by atoms with E-state index in [-0.39, 0.29) is 29.7 Å². The van der Waals surface area contributed by atoms with Gasteiger partial charge in [0.05, 0.1) is 18.3 Å². The quantitative estimate of drug-likeness (QED) is 0.676. The normalized spacial score (nSPS) is 25.8. The molecule has 180 valence electrons. The van der Waals surface area contributed by atoms with Gasteiger partial charge in [-0.1, -0.05) is 6.92 Å². The summed E-state index contributed by atoms with van der Waals surface area (Å²) in [4.78, 5) is 16.0. The Hall–Kier alpha value is -2.81. The molecular weight excluding hydrogens is 453 g/mol. The Morgan fingerprint density at radius 3 is 2.97 bits per heavy atom. The minimum absolute atomic E-state index is 0.0424. The van der Waals surface area contributed by atoms with Gasteiger partial charge in [-0.3, -0.25) is 9.20 Å². The van der Waals surface area contributed by atoms with Gasteiger partial charge < -0.3 is 15.0 Å². The average Bonchev–Trinajstić information content (AvgIpc) is 3.29. The minimum atomic E-state index is -0.769. The van der Waals surface area contributed by atoms with Crippen LogP contribution in [0.2, 0.25) is 0 Å². The molecule has 1 aromatic carbocycles. The molecule has 1 aromatic heterocycles. The molecule has 0 radical (unpaired) electrons. The number of hydrogen-bond acceptors (Lipinski definition) is 7. The van der Waals surface area contributed by atoms with Gasteiger partial charge in [0, 0.05) is 77.1 Å². The molecule has 0 amide bonds. The number of hydrogen-bond donors (Lipinski definition) is 1. The smallest absolute Gasteiger partial charge is 0.178 e. The van der Waals surface area contributed by atoms with E-state index in [2.05, 4.69) is 27.1 Å². The molecule has 0 bridgehead atoms. The Bertz CT molecular complexity index is 1150. The molecule has 34 heavy (non-hydrogen) atoms. The Morgan fingerprint density at radius 1 is 1.35 bits per heavy atom. The fraction of sp³-hybridized carbons (Fsp3) is 0.480. The standard InChI is InChI=1S/C25H30FN5O2S/c1-3-18-11-19(12-22(23(18)26)33-14-17-6-10-34(32)15-17)31-9-5-21-20(16(31)2)13-29-25(30-21)24-27-7-4-8-28-24/h4,7-8,11-13,16-17,24,27H,3,5-6,9-10,14-15H2,1-2H3. The Morgan fingerprint density at radius 2 is 2.24 bits per heavy atom. The van der Waals surface area contributed by atoms with Crippen molar-refractivity contribution >= 4 is 22.7 Å². The van der Waals surface area contributed by atoms with E-state index in [1.54, 1.807) is 6.21 Å². The third-order valence-electron chi connectivity index (χ3n) is 6.80. The third-order valence-corrected chi connectivity index (χ3v) is 8.34. The molecule has 5 rings (SSSR count). The lowest BCUT2D eigenvalue weighted by Crippen LogP contribution is -2.35. The van der Waals surface area contributed by atoms with Gasteiger partial charge in [-0.25, -0.2) is 14.4 Å². The summed E-state index contributed by atoms with van der Waals surface area (Å²) in [5.41, 5.74) is 3.68. The Kier molecular flexibility index (Phi) is 6.63. The number of anilines is 1. The van der Waals surface area contributed by atoms with Crippen LogP contribution in [0.25, 0.3) is 0 Å². The SMILES string of the molecule is CCc1cc(N2CCc3nc(C4N=CC=CN4)ncc3C2C)cc(OCC2CCS(=O)C2)c1F. The molecule has 1 saturated heterocycles. The van der Waals surface area contributed by atoms with Gasteiger partial charge >= 0.3 is 0 Å². The van der Waals surface area contributed by atoms with Gasteiger partial charge in [-0.05, 0) is 37.5 Å². The summed E-state index contributed by atoms with van der Waals surface area (Å²) in [5.74, 6) is 2.23. The monoisotopic (exact) mass is 483 g/mol. The molecule has 3 aliphatic heterocycles. The average molecular weight is 484 g/mol. The first-order valence-electron chi connectivity index (χ1n) is 11.9. The molecular formula is C25H30FN5O2S. The van der Waals surface area contributed by atoms with Crippen molar-refractivity contribution in [2.24, 2.45) is 10.9 Å². The topological polar surface area (TPSA) is 79.7 Å². The van der Waals surface area contributed by atoms with Crippen molar-refractivity contribution in [1.82, 2.24) is 15.3 Å². The van der Waals surface area contributed by atoms with Crippen LogP contribution in [0.3, 0.4) is 0 Å². The highest BCUT2D eigenvalue weighted by Gasteiger charge is 2.29. The number of nitrogens with one attached hydrogen (secondary N) is 1. The zero-order valence-corrected chi connectivity index (χ0v) is 20.4. The van der Waals surface area contributed by atoms with Gasteiger partial charge in [0.25, 0.3) is 0 Å². The first-order chi connectivity index (χ1) is 16.5. The first kappa shape index (κ1) is 23.0. The molecule has 0 aliphatic carbocycles. The van der Waals surface area contributed by atoms with Crippen molar-refractivity contribution in [1.29, 1.82) is 0 Å². The highest BCUT2D eigenvalue weighted by molar-refractivity contribution is 7.85. The summed E-state index contributed by atoms with van der Waals surface area (Å²) >= 11 is 0. The van der Waals surface area contributed by atoms with Crippen LogP contribution in [0.5, 0.6) is 5.75 Å². The van der Waals surface area contributed by atoms with Crippen LogP contribution in [0, 0.1) is 11.7 Å². The lowest BCUT2D eigenvalue weighted by molar-refractivity contribution is 0.252. The molecule has 0 spiro atoms. The number of fused-ring (bicyclic) bond motifs is 1. The highest BCUT2D eigenvalue weighted by Crippen LogP contribution is 2.37. The van der Waals surface area contributed by atoms with Crippen molar-refractivity contribution in [2.45, 2.75) is 45.3 Å². The van der Waals surface area contributed by atoms with E-state index >= 15 is 4.39 Å². The number of allylic oxidation sites excluding steroid dienone is 1. The maximum Gasteiger partial charge on any atom is 0.178 e. The maximum absolute atomic E-state index is 15.1. The van der Waals surface area contributed by atoms with Crippen molar-refractivity contribution in [3.8, 4) is 5.75 Å². The molecule has 9 heteroatoms. The van der Waals surface area contributed by atoms with Gasteiger partial charge in [-0.15, -0.1) is 0 Å². The Balaban J connectivity index is 1.37. The second-order valence-corrected chi connectivity index (χ2v) is 10.6. The van der Waals surface area contributed by atoms with Crippen molar-refractivity contribution in [3.63, 3.8) is 0 Å². The van der Waals surface area contributed by atoms with E-state index in [0.29, 0.717) is 35.9 Å². The summed E-state index contributed by atoms with van der Waals surface area (Å²) in [7, 11) is -0.769. The second kappa shape index (κ2) is 9.82. The number of ether oxygens (including phenoxy) is 1. The zero-order chi connectivity index (χ0) is 23.7. The largest absolute Gasteiger partial charge is 0.490 e. The van der Waals surface area contributed by atoms with Crippen LogP contribution >= 0.6 is 0 Å². The highest BCUT2D eigenvalue weighted by atomic mass is 32.2.